The van der Waals surface area contributed by atoms with Crippen LogP contribution in [0.4, 0.5) is 0 Å². The summed E-state index contributed by atoms with van der Waals surface area (Å²) < 4.78 is 4.50. The number of hydrogen-bond acceptors (Lipinski definition) is 4. The number of aliphatic carboxylic acids is 1. The van der Waals surface area contributed by atoms with Crippen molar-refractivity contribution < 1.29 is 24.5 Å². The first-order valence-electron chi connectivity index (χ1n) is 6.50. The van der Waals surface area contributed by atoms with Crippen molar-refractivity contribution in [2.24, 2.45) is 5.92 Å². The van der Waals surface area contributed by atoms with Crippen LogP contribution in [0.1, 0.15) is 51.9 Å². The molecule has 0 fully saturated rings. The first-order valence-corrected chi connectivity index (χ1v) is 6.50. The molecule has 0 aromatic heterocycles. The smallest absolute Gasteiger partial charge is 0.309 e. The number of unbranched alkanes of at least 4 members (excludes halogenated alkanes) is 2. The Hall–Kier alpha value is -1.10. The summed E-state index contributed by atoms with van der Waals surface area (Å²) in [4.78, 5) is 21.9. The van der Waals surface area contributed by atoms with E-state index in [9.17, 15) is 14.7 Å². The third-order valence-electron chi connectivity index (χ3n) is 3.01. The zero-order valence-corrected chi connectivity index (χ0v) is 11.2. The number of rotatable bonds is 10. The normalized spacial score (nSPS) is 13.9. The topological polar surface area (TPSA) is 83.8 Å². The fraction of sp³-hybridized carbons (Fsp3) is 0.846. The second-order valence-corrected chi connectivity index (χ2v) is 4.48. The number of methoxy groups -OCH3 is 1. The summed E-state index contributed by atoms with van der Waals surface area (Å²) in [6.45, 7) is 1.99. The molecule has 0 aromatic rings. The van der Waals surface area contributed by atoms with Crippen LogP contribution in [0.5, 0.6) is 0 Å². The number of hydrogen-bond donors (Lipinski definition) is 2. The molecule has 2 atom stereocenters. The molecule has 18 heavy (non-hydrogen) atoms. The number of carbonyl (C=O) groups excluding carboxylic acids is 1. The third-order valence-corrected chi connectivity index (χ3v) is 3.01. The van der Waals surface area contributed by atoms with Crippen LogP contribution in [0.2, 0.25) is 0 Å². The molecule has 0 aromatic carbocycles. The van der Waals surface area contributed by atoms with Gasteiger partial charge in [0.1, 0.15) is 0 Å². The standard InChI is InChI=1S/C13H24O5/c1-3-4-7-10(13(16)17)11(14)8-5-6-9-12(15)18-2/h10-11,14H,3-9H2,1-2H3,(H,16,17)/t10?,11-/m0/s1. The Kier molecular flexibility index (Phi) is 9.28. The van der Waals surface area contributed by atoms with Crippen LogP contribution < -0.4 is 0 Å². The van der Waals surface area contributed by atoms with Crippen LogP contribution in [-0.4, -0.2) is 35.4 Å². The van der Waals surface area contributed by atoms with E-state index in [1.54, 1.807) is 0 Å². The second-order valence-electron chi connectivity index (χ2n) is 4.48. The van der Waals surface area contributed by atoms with E-state index in [4.69, 9.17) is 5.11 Å². The minimum Gasteiger partial charge on any atom is -0.481 e. The second kappa shape index (κ2) is 9.88. The Bertz CT molecular complexity index is 252. The zero-order valence-electron chi connectivity index (χ0n) is 11.2. The van der Waals surface area contributed by atoms with E-state index in [0.717, 1.165) is 12.8 Å². The van der Waals surface area contributed by atoms with Gasteiger partial charge in [0.2, 0.25) is 0 Å². The van der Waals surface area contributed by atoms with E-state index in [0.29, 0.717) is 32.1 Å². The molecule has 0 aliphatic heterocycles. The van der Waals surface area contributed by atoms with Crippen LogP contribution >= 0.6 is 0 Å². The van der Waals surface area contributed by atoms with E-state index in [1.807, 2.05) is 6.92 Å². The Morgan fingerprint density at radius 2 is 1.83 bits per heavy atom. The van der Waals surface area contributed by atoms with Crippen molar-refractivity contribution in [2.45, 2.75) is 58.0 Å². The van der Waals surface area contributed by atoms with Crippen molar-refractivity contribution in [3.05, 3.63) is 0 Å². The van der Waals surface area contributed by atoms with Crippen molar-refractivity contribution >= 4 is 11.9 Å². The maximum Gasteiger partial charge on any atom is 0.309 e. The van der Waals surface area contributed by atoms with Crippen molar-refractivity contribution in [2.75, 3.05) is 7.11 Å². The molecule has 106 valence electrons. The Morgan fingerprint density at radius 3 is 2.33 bits per heavy atom. The molecule has 0 heterocycles. The van der Waals surface area contributed by atoms with Gasteiger partial charge in [-0.25, -0.2) is 0 Å². The van der Waals surface area contributed by atoms with Gasteiger partial charge in [0.25, 0.3) is 0 Å². The van der Waals surface area contributed by atoms with E-state index in [1.165, 1.54) is 7.11 Å². The number of esters is 1. The molecule has 0 aliphatic carbocycles. The quantitative estimate of drug-likeness (QED) is 0.463. The molecule has 0 spiro atoms. The SMILES string of the molecule is CCCCC(C(=O)O)[C@@H](O)CCCCC(=O)OC. The lowest BCUT2D eigenvalue weighted by Gasteiger charge is -2.18. The maximum atomic E-state index is 11.0. The predicted molar refractivity (Wildman–Crippen MR) is 67.1 cm³/mol. The van der Waals surface area contributed by atoms with Crippen LogP contribution in [0, 0.1) is 5.92 Å². The zero-order chi connectivity index (χ0) is 14.0. The molecule has 5 heteroatoms. The molecule has 0 aliphatic rings. The van der Waals surface area contributed by atoms with Crippen molar-refractivity contribution in [3.8, 4) is 0 Å². The molecular formula is C13H24O5. The summed E-state index contributed by atoms with van der Waals surface area (Å²) in [5.41, 5.74) is 0. The van der Waals surface area contributed by atoms with E-state index in [-0.39, 0.29) is 5.97 Å². The van der Waals surface area contributed by atoms with Gasteiger partial charge in [-0.05, 0) is 19.3 Å². The molecule has 0 saturated heterocycles. The van der Waals surface area contributed by atoms with Gasteiger partial charge in [-0.2, -0.15) is 0 Å². The average Bonchev–Trinajstić information content (AvgIpc) is 2.34. The number of aliphatic hydroxyl groups excluding tert-OH is 1. The number of carboxylic acids is 1. The molecule has 0 rings (SSSR count). The molecule has 0 amide bonds. The van der Waals surface area contributed by atoms with Gasteiger partial charge in [0.15, 0.2) is 0 Å². The maximum absolute atomic E-state index is 11.0. The van der Waals surface area contributed by atoms with Crippen molar-refractivity contribution in [1.29, 1.82) is 0 Å². The lowest BCUT2D eigenvalue weighted by atomic mass is 9.92. The highest BCUT2D eigenvalue weighted by molar-refractivity contribution is 5.70. The Morgan fingerprint density at radius 1 is 1.17 bits per heavy atom. The summed E-state index contributed by atoms with van der Waals surface area (Å²) in [7, 11) is 1.34. The summed E-state index contributed by atoms with van der Waals surface area (Å²) in [6.07, 6.45) is 3.37. The first-order chi connectivity index (χ1) is 8.52. The Balaban J connectivity index is 3.91. The highest BCUT2D eigenvalue weighted by Crippen LogP contribution is 2.18. The number of ether oxygens (including phenoxy) is 1. The lowest BCUT2D eigenvalue weighted by Crippen LogP contribution is -2.28. The van der Waals surface area contributed by atoms with E-state index >= 15 is 0 Å². The van der Waals surface area contributed by atoms with Gasteiger partial charge in [0, 0.05) is 6.42 Å². The molecule has 1 unspecified atom stereocenters. The molecule has 0 saturated carbocycles. The fourth-order valence-corrected chi connectivity index (χ4v) is 1.83. The fourth-order valence-electron chi connectivity index (χ4n) is 1.83. The van der Waals surface area contributed by atoms with Gasteiger partial charge in [-0.3, -0.25) is 9.59 Å². The summed E-state index contributed by atoms with van der Waals surface area (Å²) in [5, 5.41) is 18.9. The molecule has 0 bridgehead atoms. The minimum absolute atomic E-state index is 0.273. The largest absolute Gasteiger partial charge is 0.481 e. The van der Waals surface area contributed by atoms with E-state index < -0.39 is 18.0 Å². The van der Waals surface area contributed by atoms with Crippen LogP contribution in [0.15, 0.2) is 0 Å². The van der Waals surface area contributed by atoms with Crippen molar-refractivity contribution in [3.63, 3.8) is 0 Å². The first kappa shape index (κ1) is 16.9. The average molecular weight is 260 g/mol. The van der Waals surface area contributed by atoms with Crippen LogP contribution in [0.3, 0.4) is 0 Å². The minimum atomic E-state index is -0.941. The highest BCUT2D eigenvalue weighted by atomic mass is 16.5. The van der Waals surface area contributed by atoms with Gasteiger partial charge in [-0.1, -0.05) is 26.2 Å². The number of aliphatic hydroxyl groups is 1. The molecule has 2 N–H and O–H groups in total. The lowest BCUT2D eigenvalue weighted by molar-refractivity contribution is -0.146. The molecule has 5 nitrogen and oxygen atoms in total. The van der Waals surface area contributed by atoms with Gasteiger partial charge in [-0.15, -0.1) is 0 Å². The monoisotopic (exact) mass is 260 g/mol. The number of carboxylic acid groups (broad SMARTS) is 1. The predicted octanol–water partition coefficient (Wildman–Crippen LogP) is 1.97. The van der Waals surface area contributed by atoms with Crippen molar-refractivity contribution in [1.82, 2.24) is 0 Å². The van der Waals surface area contributed by atoms with E-state index in [2.05, 4.69) is 4.74 Å². The highest BCUT2D eigenvalue weighted by Gasteiger charge is 2.25. The van der Waals surface area contributed by atoms with Crippen LogP contribution in [0.25, 0.3) is 0 Å². The number of carbonyl (C=O) groups is 2. The molecular weight excluding hydrogens is 236 g/mol. The summed E-state index contributed by atoms with van der Waals surface area (Å²) in [6, 6.07) is 0. The van der Waals surface area contributed by atoms with Gasteiger partial charge < -0.3 is 14.9 Å². The summed E-state index contributed by atoms with van der Waals surface area (Å²) in [5.74, 6) is -1.91. The van der Waals surface area contributed by atoms with Gasteiger partial charge >= 0.3 is 11.9 Å². The summed E-state index contributed by atoms with van der Waals surface area (Å²) >= 11 is 0. The van der Waals surface area contributed by atoms with Gasteiger partial charge in [0.05, 0.1) is 19.1 Å². The molecule has 0 radical (unpaired) electrons. The Labute approximate surface area is 108 Å². The third kappa shape index (κ3) is 7.27. The van der Waals surface area contributed by atoms with Crippen LogP contribution in [-0.2, 0) is 14.3 Å².